The topological polar surface area (TPSA) is 46.7 Å². The Bertz CT molecular complexity index is 1070. The van der Waals surface area contributed by atoms with Crippen molar-refractivity contribution in [2.75, 3.05) is 0 Å². The van der Waals surface area contributed by atoms with Crippen LogP contribution in [0.4, 0.5) is 0 Å². The molecule has 0 aliphatic heterocycles. The van der Waals surface area contributed by atoms with Crippen LogP contribution in [0.25, 0.3) is 16.8 Å². The van der Waals surface area contributed by atoms with Crippen molar-refractivity contribution in [2.45, 2.75) is 0 Å². The fraction of sp³-hybridized carbons (Fsp3) is 0. The van der Waals surface area contributed by atoms with Gasteiger partial charge in [0.15, 0.2) is 0 Å². The summed E-state index contributed by atoms with van der Waals surface area (Å²) in [5, 5.41) is 0. The molecular formula is C19H13BrN3OS-. The zero-order valence-corrected chi connectivity index (χ0v) is 15.4. The van der Waals surface area contributed by atoms with Crippen LogP contribution in [0.2, 0.25) is 0 Å². The van der Waals surface area contributed by atoms with Crippen LogP contribution in [-0.2, 0) is 0 Å². The van der Waals surface area contributed by atoms with Crippen molar-refractivity contribution in [2.24, 2.45) is 4.99 Å². The molecule has 0 N–H and O–H groups in total. The fourth-order valence-electron chi connectivity index (χ4n) is 2.42. The molecule has 2 aromatic carbocycles. The van der Waals surface area contributed by atoms with Gasteiger partial charge in [-0.2, -0.15) is 9.98 Å². The number of benzene rings is 2. The third-order valence-electron chi connectivity index (χ3n) is 3.61. The van der Waals surface area contributed by atoms with E-state index in [1.807, 2.05) is 58.5 Å². The van der Waals surface area contributed by atoms with Gasteiger partial charge >= 0.3 is 0 Å². The molecule has 1 amide bonds. The third-order valence-corrected chi connectivity index (χ3v) is 4.44. The van der Waals surface area contributed by atoms with Crippen LogP contribution in [0.15, 0.2) is 84.0 Å². The number of rotatable bonds is 2. The van der Waals surface area contributed by atoms with E-state index in [1.54, 1.807) is 12.1 Å². The number of carbonyl (C=O) groups is 1. The molecule has 0 saturated heterocycles. The van der Waals surface area contributed by atoms with Gasteiger partial charge in [-0.1, -0.05) is 48.5 Å². The lowest BCUT2D eigenvalue weighted by atomic mass is 10.1. The van der Waals surface area contributed by atoms with E-state index in [-0.39, 0.29) is 22.9 Å². The Balaban J connectivity index is 0.00000182. The first kappa shape index (κ1) is 17.3. The molecule has 2 heterocycles. The molecule has 6 heteroatoms. The maximum absolute atomic E-state index is 12.2. The fourth-order valence-corrected chi connectivity index (χ4v) is 3.21. The Kier molecular flexibility index (Phi) is 5.21. The molecule has 124 valence electrons. The predicted octanol–water partition coefficient (Wildman–Crippen LogP) is 0.808. The Hall–Kier alpha value is -2.57. The van der Waals surface area contributed by atoms with Crippen LogP contribution in [0.3, 0.4) is 0 Å². The van der Waals surface area contributed by atoms with Crippen molar-refractivity contribution < 1.29 is 21.8 Å². The Morgan fingerprint density at radius 3 is 2.28 bits per heavy atom. The highest BCUT2D eigenvalue weighted by Gasteiger charge is 2.05. The number of fused-ring (bicyclic) bond motifs is 1. The summed E-state index contributed by atoms with van der Waals surface area (Å²) in [5.41, 5.74) is 3.57. The normalized spacial score (nSPS) is 11.3. The first-order valence-electron chi connectivity index (χ1n) is 7.49. The maximum atomic E-state index is 12.2. The molecule has 0 radical (unpaired) electrons. The van der Waals surface area contributed by atoms with E-state index in [0.717, 1.165) is 16.8 Å². The van der Waals surface area contributed by atoms with Gasteiger partial charge < -0.3 is 17.0 Å². The van der Waals surface area contributed by atoms with Gasteiger partial charge in [0.25, 0.3) is 5.91 Å². The smallest absolute Gasteiger partial charge is 0.279 e. The molecule has 2 aromatic heterocycles. The molecule has 4 aromatic rings. The molecule has 4 nitrogen and oxygen atoms in total. The predicted molar refractivity (Wildman–Crippen MR) is 94.8 cm³/mol. The van der Waals surface area contributed by atoms with Gasteiger partial charge in [-0.3, -0.25) is 8.58 Å². The van der Waals surface area contributed by atoms with E-state index in [4.69, 9.17) is 0 Å². The number of hydrogen-bond acceptors (Lipinski definition) is 3. The van der Waals surface area contributed by atoms with E-state index in [2.05, 4.69) is 22.1 Å². The quantitative estimate of drug-likeness (QED) is 0.490. The molecule has 0 fully saturated rings. The number of pyridine rings is 1. The summed E-state index contributed by atoms with van der Waals surface area (Å²) in [7, 11) is 0. The summed E-state index contributed by atoms with van der Waals surface area (Å²) < 4.78 is 1.93. The van der Waals surface area contributed by atoms with Crippen LogP contribution in [0.1, 0.15) is 10.4 Å². The number of halogens is 1. The minimum absolute atomic E-state index is 0. The third kappa shape index (κ3) is 3.75. The molecule has 0 atom stereocenters. The Morgan fingerprint density at radius 1 is 0.880 bits per heavy atom. The first-order valence-corrected chi connectivity index (χ1v) is 8.26. The number of hydrogen-bond donors (Lipinski definition) is 0. The molecule has 0 bridgehead atoms. The van der Waals surface area contributed by atoms with E-state index in [0.29, 0.717) is 10.4 Å². The molecular weight excluding hydrogens is 398 g/mol. The SMILES string of the molecule is O=C(N=c1nc2ccc(-c3ccccc3)cn2s1)c1ccccc1.[Br-]. The highest BCUT2D eigenvalue weighted by molar-refractivity contribution is 7.03. The average Bonchev–Trinajstić information content (AvgIpc) is 3.04. The molecule has 0 spiro atoms. The number of aromatic nitrogens is 2. The number of carbonyl (C=O) groups excluding carboxylic acids is 1. The van der Waals surface area contributed by atoms with Crippen LogP contribution < -0.4 is 21.8 Å². The second-order valence-corrected chi connectivity index (χ2v) is 6.18. The van der Waals surface area contributed by atoms with E-state index in [1.165, 1.54) is 11.5 Å². The first-order chi connectivity index (χ1) is 11.8. The summed E-state index contributed by atoms with van der Waals surface area (Å²) in [6.07, 6.45) is 2.01. The second-order valence-electron chi connectivity index (χ2n) is 5.24. The summed E-state index contributed by atoms with van der Waals surface area (Å²) in [5.74, 6) is -0.279. The van der Waals surface area contributed by atoms with E-state index in [9.17, 15) is 4.79 Å². The Morgan fingerprint density at radius 2 is 1.56 bits per heavy atom. The summed E-state index contributed by atoms with van der Waals surface area (Å²) >= 11 is 1.35. The summed E-state index contributed by atoms with van der Waals surface area (Å²) in [6.45, 7) is 0. The highest BCUT2D eigenvalue weighted by Crippen LogP contribution is 2.19. The van der Waals surface area contributed by atoms with Gasteiger partial charge in [0.2, 0.25) is 4.80 Å². The summed E-state index contributed by atoms with van der Waals surface area (Å²) in [6, 6.07) is 23.1. The molecule has 0 aliphatic rings. The molecule has 4 rings (SSSR count). The van der Waals surface area contributed by atoms with Crippen molar-refractivity contribution in [1.82, 2.24) is 8.77 Å². The minimum atomic E-state index is -0.279. The van der Waals surface area contributed by atoms with Crippen molar-refractivity contribution >= 4 is 23.1 Å². The zero-order valence-electron chi connectivity index (χ0n) is 13.0. The molecule has 0 unspecified atom stereocenters. The van der Waals surface area contributed by atoms with Crippen molar-refractivity contribution in [3.8, 4) is 11.1 Å². The van der Waals surface area contributed by atoms with Gasteiger partial charge in [0.05, 0.1) is 0 Å². The number of nitrogens with zero attached hydrogens (tertiary/aromatic N) is 3. The lowest BCUT2D eigenvalue weighted by Gasteiger charge is -2.01. The van der Waals surface area contributed by atoms with Gasteiger partial charge in [0, 0.05) is 11.8 Å². The molecule has 0 aliphatic carbocycles. The average molecular weight is 411 g/mol. The van der Waals surface area contributed by atoms with Crippen molar-refractivity contribution in [3.63, 3.8) is 0 Å². The Labute approximate surface area is 159 Å². The van der Waals surface area contributed by atoms with Crippen LogP contribution in [-0.4, -0.2) is 14.7 Å². The van der Waals surface area contributed by atoms with Crippen LogP contribution in [0, 0.1) is 0 Å². The maximum Gasteiger partial charge on any atom is 0.279 e. The summed E-state index contributed by atoms with van der Waals surface area (Å²) in [4.78, 5) is 21.1. The van der Waals surface area contributed by atoms with E-state index >= 15 is 0 Å². The standard InChI is InChI=1S/C19H13N3OS.BrH/c23-18(15-9-5-2-6-10-15)21-19-20-17-12-11-16(13-22(17)24-19)14-7-3-1-4-8-14;/h1-13H;1H/p-1. The van der Waals surface area contributed by atoms with Crippen molar-refractivity contribution in [1.29, 1.82) is 0 Å². The zero-order chi connectivity index (χ0) is 16.4. The second kappa shape index (κ2) is 7.55. The van der Waals surface area contributed by atoms with Gasteiger partial charge in [-0.25, -0.2) is 0 Å². The minimum Gasteiger partial charge on any atom is -1.00 e. The number of amides is 1. The van der Waals surface area contributed by atoms with Gasteiger partial charge in [-0.05, 0) is 46.9 Å². The largest absolute Gasteiger partial charge is 1.00 e. The lowest BCUT2D eigenvalue weighted by molar-refractivity contribution is -0.0000128. The van der Waals surface area contributed by atoms with Gasteiger partial charge in [0.1, 0.15) is 5.65 Å². The van der Waals surface area contributed by atoms with E-state index < -0.39 is 0 Å². The monoisotopic (exact) mass is 410 g/mol. The molecule has 0 saturated carbocycles. The van der Waals surface area contributed by atoms with Gasteiger partial charge in [-0.15, -0.1) is 0 Å². The van der Waals surface area contributed by atoms with Crippen LogP contribution >= 0.6 is 11.5 Å². The highest BCUT2D eigenvalue weighted by atomic mass is 79.9. The lowest BCUT2D eigenvalue weighted by Crippen LogP contribution is -3.00. The van der Waals surface area contributed by atoms with Crippen LogP contribution in [0.5, 0.6) is 0 Å². The molecule has 25 heavy (non-hydrogen) atoms. The van der Waals surface area contributed by atoms with Crippen molar-refractivity contribution in [3.05, 3.63) is 89.4 Å².